The molecule has 9 rings (SSSR count). The molecular weight excluding hydrogens is 714 g/mol. The number of benzene rings is 2. The molecule has 55 heavy (non-hydrogen) atoms. The molecule has 0 radical (unpaired) electrons. The van der Waals surface area contributed by atoms with Gasteiger partial charge in [0.1, 0.15) is 22.9 Å². The zero-order chi connectivity index (χ0) is 38.1. The van der Waals surface area contributed by atoms with Gasteiger partial charge in [-0.15, -0.1) is 5.10 Å². The third kappa shape index (κ3) is 6.55. The largest absolute Gasteiger partial charge is 0.403 e. The van der Waals surface area contributed by atoms with E-state index in [1.54, 1.807) is 29.4 Å². The van der Waals surface area contributed by atoms with Gasteiger partial charge < -0.3 is 38.5 Å². The third-order valence-electron chi connectivity index (χ3n) is 11.1. The van der Waals surface area contributed by atoms with Gasteiger partial charge in [0.05, 0.1) is 27.8 Å². The summed E-state index contributed by atoms with van der Waals surface area (Å²) in [6, 6.07) is 4.91. The van der Waals surface area contributed by atoms with Crippen molar-refractivity contribution in [3.8, 4) is 11.5 Å². The first kappa shape index (κ1) is 34.9. The summed E-state index contributed by atoms with van der Waals surface area (Å²) in [4.78, 5) is 60.2. The molecule has 5 heterocycles. The number of nitrogens with one attached hydrogen (secondary N) is 2. The van der Waals surface area contributed by atoms with E-state index in [2.05, 4.69) is 25.7 Å². The molecule has 0 atom stereocenters. The van der Waals surface area contributed by atoms with Gasteiger partial charge in [-0.25, -0.2) is 13.6 Å². The minimum Gasteiger partial charge on any atom is -0.403 e. The zero-order valence-corrected chi connectivity index (χ0v) is 30.5. The summed E-state index contributed by atoms with van der Waals surface area (Å²) in [7, 11) is 2.03. The van der Waals surface area contributed by atoms with E-state index in [4.69, 9.17) is 4.42 Å². The van der Waals surface area contributed by atoms with E-state index in [0.717, 1.165) is 38.8 Å². The molecule has 0 unspecified atom stereocenters. The van der Waals surface area contributed by atoms with Crippen LogP contribution < -0.4 is 31.3 Å². The normalized spacial score (nSPS) is 18.0. The van der Waals surface area contributed by atoms with Crippen molar-refractivity contribution in [3.05, 3.63) is 68.7 Å². The summed E-state index contributed by atoms with van der Waals surface area (Å²) in [5, 5.41) is 13.2. The topological polar surface area (TPSA) is 154 Å². The molecule has 2 N–H and O–H groups in total. The predicted octanol–water partition coefficient (Wildman–Crippen LogP) is 4.38. The number of likely N-dealkylation sites (N-methyl/N-ethyl adjacent to an activating group) is 1. The van der Waals surface area contributed by atoms with Gasteiger partial charge in [-0.1, -0.05) is 5.10 Å². The van der Waals surface area contributed by atoms with Crippen LogP contribution >= 0.6 is 0 Å². The number of amides is 3. The van der Waals surface area contributed by atoms with E-state index in [1.165, 1.54) is 19.1 Å². The number of piperazine rings is 2. The highest BCUT2D eigenvalue weighted by Gasteiger charge is 2.30. The van der Waals surface area contributed by atoms with E-state index >= 15 is 8.78 Å². The molecule has 15 nitrogen and oxygen atoms in total. The first-order valence-corrected chi connectivity index (χ1v) is 18.6. The fourth-order valence-electron chi connectivity index (χ4n) is 7.70. The highest BCUT2D eigenvalue weighted by molar-refractivity contribution is 6.00. The average Bonchev–Trinajstić information content (AvgIpc) is 4.12. The van der Waals surface area contributed by atoms with Gasteiger partial charge in [0.25, 0.3) is 5.89 Å². The van der Waals surface area contributed by atoms with Crippen LogP contribution in [-0.2, 0) is 4.79 Å². The molecule has 2 saturated heterocycles. The van der Waals surface area contributed by atoms with Crippen molar-refractivity contribution in [1.82, 2.24) is 29.1 Å². The van der Waals surface area contributed by atoms with Crippen LogP contribution in [0.5, 0.6) is 0 Å². The number of nitrogens with zero attached hydrogens (tertiary/aromatic N) is 8. The number of hydrogen-bond donors (Lipinski definition) is 2. The molecule has 2 aliphatic carbocycles. The van der Waals surface area contributed by atoms with Gasteiger partial charge >= 0.3 is 12.0 Å². The standard InChI is InChI=1S/C38H40F2N10O5/c1-21(51)46-11-13-48(14-12-46)33-18-31-25(16-28(33)40)35(53)29(20-50(31)23-5-6-23)41-37(54)42-38-44-43-36(55-38)26-19-49(22-3-4-22)30-17-32(27(39)15-24(30)34(26)52)47-9-7-45(2)8-10-47/h15-20,22-23H,3-14H2,1-2H3,(H2,41,42,44,54). The average molecular weight is 755 g/mol. The van der Waals surface area contributed by atoms with Crippen molar-refractivity contribution in [1.29, 1.82) is 0 Å². The van der Waals surface area contributed by atoms with Gasteiger partial charge in [0.15, 0.2) is 0 Å². The number of hydrogen-bond acceptors (Lipinski definition) is 10. The minimum atomic E-state index is -0.859. The fourth-order valence-corrected chi connectivity index (χ4v) is 7.70. The van der Waals surface area contributed by atoms with Crippen LogP contribution in [-0.4, -0.2) is 100 Å². The van der Waals surface area contributed by atoms with Crippen LogP contribution in [0.4, 0.5) is 36.7 Å². The quantitative estimate of drug-likeness (QED) is 0.245. The lowest BCUT2D eigenvalue weighted by Crippen LogP contribution is -2.48. The molecule has 0 bridgehead atoms. The number of pyridine rings is 2. The SMILES string of the molecule is CC(=O)N1CCN(c2cc3c(cc2F)c(=O)c(NC(=O)Nc2nnc(-c4cn(C5CC5)c5cc(N6CCN(C)CC6)c(F)cc5c4=O)o2)cn3C2CC2)CC1. The Bertz CT molecular complexity index is 2490. The summed E-state index contributed by atoms with van der Waals surface area (Å²) in [6.07, 6.45) is 6.73. The number of halogens is 2. The lowest BCUT2D eigenvalue weighted by atomic mass is 10.1. The third-order valence-corrected chi connectivity index (χ3v) is 11.1. The highest BCUT2D eigenvalue weighted by atomic mass is 19.1. The number of urea groups is 1. The molecule has 2 saturated carbocycles. The molecule has 0 spiro atoms. The summed E-state index contributed by atoms with van der Waals surface area (Å²) in [5.74, 6) is -1.24. The van der Waals surface area contributed by atoms with Crippen LogP contribution in [0.3, 0.4) is 0 Å². The number of carbonyl (C=O) groups excluding carboxylic acids is 2. The zero-order valence-electron chi connectivity index (χ0n) is 30.5. The van der Waals surface area contributed by atoms with Crippen LogP contribution in [0.2, 0.25) is 0 Å². The molecular formula is C38H40F2N10O5. The highest BCUT2D eigenvalue weighted by Crippen LogP contribution is 2.40. The summed E-state index contributed by atoms with van der Waals surface area (Å²) in [6.45, 7) is 6.35. The number of rotatable bonds is 7. The Labute approximate surface area is 313 Å². The van der Waals surface area contributed by atoms with Crippen molar-refractivity contribution in [2.75, 3.05) is 79.8 Å². The molecule has 17 heteroatoms. The minimum absolute atomic E-state index is 0.0269. The Morgan fingerprint density at radius 3 is 1.84 bits per heavy atom. The van der Waals surface area contributed by atoms with E-state index in [0.29, 0.717) is 61.7 Å². The lowest BCUT2D eigenvalue weighted by molar-refractivity contribution is -0.129. The molecule has 286 valence electrons. The van der Waals surface area contributed by atoms with Gasteiger partial charge in [-0.05, 0) is 57.0 Å². The van der Waals surface area contributed by atoms with Crippen LogP contribution in [0.15, 0.2) is 50.7 Å². The molecule has 4 fully saturated rings. The van der Waals surface area contributed by atoms with Gasteiger partial charge in [-0.3, -0.25) is 19.7 Å². The van der Waals surface area contributed by atoms with E-state index in [-0.39, 0.29) is 51.9 Å². The Hall–Kier alpha value is -5.84. The summed E-state index contributed by atoms with van der Waals surface area (Å²) < 4.78 is 40.7. The van der Waals surface area contributed by atoms with Crippen LogP contribution in [0, 0.1) is 11.6 Å². The summed E-state index contributed by atoms with van der Waals surface area (Å²) >= 11 is 0. The van der Waals surface area contributed by atoms with Crippen molar-refractivity contribution in [2.24, 2.45) is 0 Å². The van der Waals surface area contributed by atoms with Crippen LogP contribution in [0.25, 0.3) is 33.3 Å². The molecule has 3 aromatic heterocycles. The molecule has 2 aliphatic heterocycles. The first-order chi connectivity index (χ1) is 26.5. The Morgan fingerprint density at radius 2 is 1.27 bits per heavy atom. The number of fused-ring (bicyclic) bond motifs is 2. The van der Waals surface area contributed by atoms with E-state index in [9.17, 15) is 19.2 Å². The van der Waals surface area contributed by atoms with Crippen molar-refractivity contribution >= 4 is 56.8 Å². The Kier molecular flexibility index (Phi) is 8.55. The maximum Gasteiger partial charge on any atom is 0.327 e. The second kappa shape index (κ2) is 13.5. The van der Waals surface area contributed by atoms with Crippen molar-refractivity contribution in [3.63, 3.8) is 0 Å². The van der Waals surface area contributed by atoms with Gasteiger partial charge in [0, 0.05) is 89.1 Å². The molecule has 2 aromatic carbocycles. The Morgan fingerprint density at radius 1 is 0.727 bits per heavy atom. The maximum absolute atomic E-state index is 15.6. The van der Waals surface area contributed by atoms with Gasteiger partial charge in [0.2, 0.25) is 16.8 Å². The van der Waals surface area contributed by atoms with Crippen LogP contribution in [0.1, 0.15) is 44.7 Å². The predicted molar refractivity (Wildman–Crippen MR) is 203 cm³/mol. The monoisotopic (exact) mass is 754 g/mol. The molecule has 3 amide bonds. The molecule has 5 aromatic rings. The number of carbonyl (C=O) groups is 2. The maximum atomic E-state index is 15.6. The summed E-state index contributed by atoms with van der Waals surface area (Å²) in [5.41, 5.74) is 0.928. The fraction of sp³-hybridized carbons (Fsp3) is 0.421. The van der Waals surface area contributed by atoms with Gasteiger partial charge in [-0.2, -0.15) is 0 Å². The van der Waals surface area contributed by atoms with Crippen molar-refractivity contribution in [2.45, 2.75) is 44.7 Å². The van der Waals surface area contributed by atoms with E-state index in [1.807, 2.05) is 26.0 Å². The second-order valence-corrected chi connectivity index (χ2v) is 14.9. The smallest absolute Gasteiger partial charge is 0.327 e. The number of anilines is 4. The van der Waals surface area contributed by atoms with E-state index < -0.39 is 28.5 Å². The second-order valence-electron chi connectivity index (χ2n) is 14.9. The molecule has 4 aliphatic rings. The van der Waals surface area contributed by atoms with Crippen molar-refractivity contribution < 1.29 is 22.8 Å². The lowest BCUT2D eigenvalue weighted by Gasteiger charge is -2.36. The number of aromatic nitrogens is 4. The Balaban J connectivity index is 0.967. The first-order valence-electron chi connectivity index (χ1n) is 18.6.